The molecule has 0 aromatic heterocycles. The van der Waals surface area contributed by atoms with E-state index in [-0.39, 0.29) is 0 Å². The Morgan fingerprint density at radius 1 is 0.917 bits per heavy atom. The van der Waals surface area contributed by atoms with E-state index in [4.69, 9.17) is 0 Å². The highest BCUT2D eigenvalue weighted by molar-refractivity contribution is 5.64. The Morgan fingerprint density at radius 2 is 1.67 bits per heavy atom. The average Bonchev–Trinajstić information content (AvgIpc) is 2.54. The number of aryl methyl sites for hydroxylation is 1. The van der Waals surface area contributed by atoms with Crippen LogP contribution in [0.25, 0.3) is 11.1 Å². The third kappa shape index (κ3) is 1.28. The molecule has 2 aromatic rings. The van der Waals surface area contributed by atoms with Crippen LogP contribution in [0.1, 0.15) is 5.56 Å². The molecule has 0 unspecified atom stereocenters. The van der Waals surface area contributed by atoms with E-state index in [1.807, 2.05) is 6.07 Å². The van der Waals surface area contributed by atoms with Crippen LogP contribution in [0, 0.1) is 6.92 Å². The standard InChI is InChI=1S/C12H11/c1-10-7-8-12(9-10)11-5-3-2-4-6-11/h2-9H,1H3/q-1. The Hall–Kier alpha value is -1.43. The lowest BCUT2D eigenvalue weighted by Gasteiger charge is -2.02. The Bertz CT molecular complexity index is 355. The van der Waals surface area contributed by atoms with Gasteiger partial charge in [0.2, 0.25) is 0 Å². The van der Waals surface area contributed by atoms with Gasteiger partial charge in [0.1, 0.15) is 0 Å². The van der Waals surface area contributed by atoms with Gasteiger partial charge in [-0.1, -0.05) is 42.8 Å². The molecule has 0 atom stereocenters. The van der Waals surface area contributed by atoms with Crippen molar-refractivity contribution in [3.05, 3.63) is 54.1 Å². The highest BCUT2D eigenvalue weighted by Crippen LogP contribution is 2.20. The molecular formula is C12H11-. The minimum atomic E-state index is 1.30. The number of rotatable bonds is 1. The second-order valence-electron chi connectivity index (χ2n) is 3.04. The summed E-state index contributed by atoms with van der Waals surface area (Å²) in [6, 6.07) is 16.9. The molecule has 0 bridgehead atoms. The van der Waals surface area contributed by atoms with Crippen molar-refractivity contribution in [1.82, 2.24) is 0 Å². The molecule has 0 heterocycles. The summed E-state index contributed by atoms with van der Waals surface area (Å²) < 4.78 is 0. The van der Waals surface area contributed by atoms with Crippen LogP contribution >= 0.6 is 0 Å². The van der Waals surface area contributed by atoms with Crippen molar-refractivity contribution in [3.63, 3.8) is 0 Å². The summed E-state index contributed by atoms with van der Waals surface area (Å²) in [6.07, 6.45) is 0. The van der Waals surface area contributed by atoms with Gasteiger partial charge in [-0.3, -0.25) is 0 Å². The molecule has 12 heavy (non-hydrogen) atoms. The molecule has 0 aliphatic rings. The van der Waals surface area contributed by atoms with Gasteiger partial charge < -0.3 is 0 Å². The zero-order valence-electron chi connectivity index (χ0n) is 7.12. The molecule has 0 N–H and O–H groups in total. The lowest BCUT2D eigenvalue weighted by Crippen LogP contribution is -1.69. The zero-order chi connectivity index (χ0) is 8.39. The van der Waals surface area contributed by atoms with E-state index in [0.717, 1.165) is 0 Å². The van der Waals surface area contributed by atoms with Gasteiger partial charge in [-0.2, -0.15) is 23.3 Å². The minimum absolute atomic E-state index is 1.30. The van der Waals surface area contributed by atoms with Crippen LogP contribution in [0.15, 0.2) is 48.5 Å². The smallest absolute Gasteiger partial charge is 0.0623 e. The Labute approximate surface area is 72.8 Å². The van der Waals surface area contributed by atoms with E-state index in [1.54, 1.807) is 0 Å². The number of benzene rings is 1. The van der Waals surface area contributed by atoms with E-state index in [1.165, 1.54) is 16.7 Å². The summed E-state index contributed by atoms with van der Waals surface area (Å²) in [5.74, 6) is 0. The molecule has 0 amide bonds. The average molecular weight is 155 g/mol. The van der Waals surface area contributed by atoms with Crippen LogP contribution in [-0.2, 0) is 0 Å². The molecule has 2 aromatic carbocycles. The predicted octanol–water partition coefficient (Wildman–Crippen LogP) is 3.38. The number of hydrogen-bond donors (Lipinski definition) is 0. The summed E-state index contributed by atoms with van der Waals surface area (Å²) in [5, 5.41) is 0. The van der Waals surface area contributed by atoms with Gasteiger partial charge in [0.05, 0.1) is 0 Å². The highest BCUT2D eigenvalue weighted by Gasteiger charge is 1.87. The van der Waals surface area contributed by atoms with E-state index in [9.17, 15) is 0 Å². The van der Waals surface area contributed by atoms with Crippen LogP contribution < -0.4 is 0 Å². The highest BCUT2D eigenvalue weighted by atomic mass is 14.0. The number of hydrogen-bond acceptors (Lipinski definition) is 0. The van der Waals surface area contributed by atoms with Crippen LogP contribution in [0.5, 0.6) is 0 Å². The molecule has 0 aliphatic carbocycles. The van der Waals surface area contributed by atoms with Gasteiger partial charge in [-0.15, -0.1) is 0 Å². The summed E-state index contributed by atoms with van der Waals surface area (Å²) >= 11 is 0. The second-order valence-corrected chi connectivity index (χ2v) is 3.04. The molecule has 0 spiro atoms. The van der Waals surface area contributed by atoms with Crippen molar-refractivity contribution < 1.29 is 0 Å². The molecule has 0 radical (unpaired) electrons. The van der Waals surface area contributed by atoms with Gasteiger partial charge in [-0.25, -0.2) is 6.07 Å². The van der Waals surface area contributed by atoms with Crippen LogP contribution in [0.4, 0.5) is 0 Å². The first-order valence-electron chi connectivity index (χ1n) is 4.15. The predicted molar refractivity (Wildman–Crippen MR) is 52.2 cm³/mol. The van der Waals surface area contributed by atoms with Gasteiger partial charge in [0.15, 0.2) is 0 Å². The van der Waals surface area contributed by atoms with Gasteiger partial charge in [-0.05, 0) is 0 Å². The normalized spacial score (nSPS) is 10.1. The Balaban J connectivity index is 2.45. The molecular weight excluding hydrogens is 144 g/mol. The minimum Gasteiger partial charge on any atom is -0.206 e. The summed E-state index contributed by atoms with van der Waals surface area (Å²) in [7, 11) is 0. The third-order valence-corrected chi connectivity index (χ3v) is 2.02. The maximum absolute atomic E-state index is 2.20. The first-order valence-corrected chi connectivity index (χ1v) is 4.15. The molecule has 0 aliphatic heterocycles. The Kier molecular flexibility index (Phi) is 1.75. The fourth-order valence-corrected chi connectivity index (χ4v) is 1.37. The molecule has 0 nitrogen and oxygen atoms in total. The molecule has 0 saturated carbocycles. The molecule has 0 fully saturated rings. The molecule has 0 heteroatoms. The van der Waals surface area contributed by atoms with Gasteiger partial charge in [0, 0.05) is 0 Å². The van der Waals surface area contributed by atoms with Gasteiger partial charge >= 0.3 is 0 Å². The van der Waals surface area contributed by atoms with Crippen LogP contribution in [0.2, 0.25) is 0 Å². The van der Waals surface area contributed by atoms with Crippen molar-refractivity contribution in [1.29, 1.82) is 0 Å². The van der Waals surface area contributed by atoms with E-state index < -0.39 is 0 Å². The summed E-state index contributed by atoms with van der Waals surface area (Å²) in [5.41, 5.74) is 3.94. The van der Waals surface area contributed by atoms with Gasteiger partial charge in [0.25, 0.3) is 0 Å². The topological polar surface area (TPSA) is 0 Å². The maximum atomic E-state index is 2.20. The van der Waals surface area contributed by atoms with E-state index in [2.05, 4.69) is 49.4 Å². The van der Waals surface area contributed by atoms with Crippen molar-refractivity contribution in [2.75, 3.05) is 0 Å². The first kappa shape index (κ1) is 7.23. The fraction of sp³-hybridized carbons (Fsp3) is 0.0833. The first-order chi connectivity index (χ1) is 5.86. The largest absolute Gasteiger partial charge is 0.206 e. The van der Waals surface area contributed by atoms with Crippen molar-refractivity contribution in [2.24, 2.45) is 0 Å². The summed E-state index contributed by atoms with van der Waals surface area (Å²) in [4.78, 5) is 0. The monoisotopic (exact) mass is 155 g/mol. The van der Waals surface area contributed by atoms with Crippen molar-refractivity contribution in [2.45, 2.75) is 6.92 Å². The van der Waals surface area contributed by atoms with Crippen molar-refractivity contribution in [3.8, 4) is 11.1 Å². The quantitative estimate of drug-likeness (QED) is 0.554. The van der Waals surface area contributed by atoms with E-state index >= 15 is 0 Å². The van der Waals surface area contributed by atoms with Crippen LogP contribution in [-0.4, -0.2) is 0 Å². The SMILES string of the molecule is C[c-]1ccc(-c2ccccc2)c1. The van der Waals surface area contributed by atoms with Crippen molar-refractivity contribution >= 4 is 0 Å². The van der Waals surface area contributed by atoms with E-state index in [0.29, 0.717) is 0 Å². The lowest BCUT2D eigenvalue weighted by atomic mass is 10.1. The zero-order valence-corrected chi connectivity index (χ0v) is 7.12. The molecule has 2 rings (SSSR count). The fourth-order valence-electron chi connectivity index (χ4n) is 1.37. The molecule has 60 valence electrons. The summed E-state index contributed by atoms with van der Waals surface area (Å²) in [6.45, 7) is 2.12. The Morgan fingerprint density at radius 3 is 2.25 bits per heavy atom. The molecule has 0 saturated heterocycles. The third-order valence-electron chi connectivity index (χ3n) is 2.02. The maximum Gasteiger partial charge on any atom is -0.0623 e. The lowest BCUT2D eigenvalue weighted by molar-refractivity contribution is 1.55. The second kappa shape index (κ2) is 2.90. The van der Waals surface area contributed by atoms with Crippen LogP contribution in [0.3, 0.4) is 0 Å².